The zero-order valence-electron chi connectivity index (χ0n) is 9.24. The van der Waals surface area contributed by atoms with Gasteiger partial charge in [0.05, 0.1) is 11.1 Å². The molecule has 1 heterocycles. The molecule has 1 aliphatic rings. The van der Waals surface area contributed by atoms with Crippen LogP contribution in [0.3, 0.4) is 0 Å². The van der Waals surface area contributed by atoms with Crippen molar-refractivity contribution in [1.82, 2.24) is 10.3 Å². The number of amides is 1. The van der Waals surface area contributed by atoms with E-state index in [1.54, 1.807) is 12.1 Å². The van der Waals surface area contributed by atoms with Gasteiger partial charge in [0.2, 0.25) is 0 Å². The average Bonchev–Trinajstić information content (AvgIpc) is 2.33. The first-order chi connectivity index (χ1) is 8.19. The molecule has 0 saturated heterocycles. The molecule has 0 atom stereocenters. The molecular formula is C12H12ClN3O. The second-order valence-corrected chi connectivity index (χ2v) is 4.53. The number of aromatic nitrogens is 1. The lowest BCUT2D eigenvalue weighted by molar-refractivity contribution is 0.0848. The zero-order valence-corrected chi connectivity index (χ0v) is 10.00. The highest BCUT2D eigenvalue weighted by atomic mass is 35.5. The van der Waals surface area contributed by atoms with Crippen molar-refractivity contribution in [3.63, 3.8) is 0 Å². The van der Waals surface area contributed by atoms with E-state index in [0.29, 0.717) is 17.1 Å². The summed E-state index contributed by atoms with van der Waals surface area (Å²) >= 11 is 5.86. The van der Waals surface area contributed by atoms with Crippen LogP contribution in [0.15, 0.2) is 18.3 Å². The average molecular weight is 250 g/mol. The van der Waals surface area contributed by atoms with Crippen LogP contribution < -0.4 is 5.32 Å². The van der Waals surface area contributed by atoms with Crippen LogP contribution in [0.25, 0.3) is 0 Å². The van der Waals surface area contributed by atoms with E-state index < -0.39 is 0 Å². The number of rotatable bonds is 3. The summed E-state index contributed by atoms with van der Waals surface area (Å²) in [5.41, 5.74) is 0.506. The van der Waals surface area contributed by atoms with Crippen molar-refractivity contribution in [2.45, 2.75) is 24.8 Å². The molecule has 1 aromatic rings. The Bertz CT molecular complexity index is 454. The minimum absolute atomic E-state index is 0.227. The Morgan fingerprint density at radius 2 is 2.35 bits per heavy atom. The van der Waals surface area contributed by atoms with Crippen LogP contribution in [0.2, 0.25) is 0 Å². The van der Waals surface area contributed by atoms with Gasteiger partial charge in [-0.3, -0.25) is 4.79 Å². The Morgan fingerprint density at radius 3 is 2.76 bits per heavy atom. The van der Waals surface area contributed by atoms with Crippen molar-refractivity contribution >= 4 is 17.5 Å². The SMILES string of the molecule is N#Cc1ccc(C(=O)NC2(CCl)CCC2)nc1. The van der Waals surface area contributed by atoms with Gasteiger partial charge in [0.25, 0.3) is 5.91 Å². The highest BCUT2D eigenvalue weighted by Crippen LogP contribution is 2.32. The second-order valence-electron chi connectivity index (χ2n) is 4.27. The standard InChI is InChI=1S/C12H12ClN3O/c13-8-12(4-1-5-12)16-11(17)10-3-2-9(6-14)7-15-10/h2-3,7H,1,4-5,8H2,(H,16,17). The van der Waals surface area contributed by atoms with Gasteiger partial charge in [0.15, 0.2) is 0 Å². The monoisotopic (exact) mass is 249 g/mol. The highest BCUT2D eigenvalue weighted by molar-refractivity contribution is 6.19. The lowest BCUT2D eigenvalue weighted by Crippen LogP contribution is -2.55. The van der Waals surface area contributed by atoms with Crippen LogP contribution in [-0.4, -0.2) is 22.3 Å². The highest BCUT2D eigenvalue weighted by Gasteiger charge is 2.37. The second kappa shape index (κ2) is 4.72. The first-order valence-electron chi connectivity index (χ1n) is 5.44. The normalized spacial score (nSPS) is 16.7. The molecule has 1 aromatic heterocycles. The number of hydrogen-bond acceptors (Lipinski definition) is 3. The van der Waals surface area contributed by atoms with Gasteiger partial charge < -0.3 is 5.32 Å². The van der Waals surface area contributed by atoms with E-state index in [1.807, 2.05) is 6.07 Å². The summed E-state index contributed by atoms with van der Waals surface area (Å²) in [4.78, 5) is 15.8. The van der Waals surface area contributed by atoms with Crippen molar-refractivity contribution in [1.29, 1.82) is 5.26 Å². The first kappa shape index (κ1) is 11.9. The van der Waals surface area contributed by atoms with Gasteiger partial charge in [0, 0.05) is 12.1 Å². The molecule has 0 bridgehead atoms. The summed E-state index contributed by atoms with van der Waals surface area (Å²) in [5.74, 6) is 0.199. The molecule has 0 spiro atoms. The molecule has 1 amide bonds. The number of carbonyl (C=O) groups is 1. The van der Waals surface area contributed by atoms with Gasteiger partial charge in [0.1, 0.15) is 11.8 Å². The lowest BCUT2D eigenvalue weighted by atomic mass is 9.78. The number of pyridine rings is 1. The molecular weight excluding hydrogens is 238 g/mol. The molecule has 1 fully saturated rings. The minimum atomic E-state index is -0.256. The summed E-state index contributed by atoms with van der Waals surface area (Å²) in [7, 11) is 0. The van der Waals surface area contributed by atoms with Crippen molar-refractivity contribution in [3.8, 4) is 6.07 Å². The summed E-state index contributed by atoms with van der Waals surface area (Å²) in [6, 6.07) is 5.09. The van der Waals surface area contributed by atoms with Crippen LogP contribution in [-0.2, 0) is 0 Å². The molecule has 1 N–H and O–H groups in total. The van der Waals surface area contributed by atoms with Gasteiger partial charge in [-0.25, -0.2) is 4.98 Å². The number of nitrogens with zero attached hydrogens (tertiary/aromatic N) is 2. The van der Waals surface area contributed by atoms with E-state index >= 15 is 0 Å². The van der Waals surface area contributed by atoms with E-state index in [9.17, 15) is 4.79 Å². The topological polar surface area (TPSA) is 65.8 Å². The fourth-order valence-electron chi connectivity index (χ4n) is 1.79. The number of halogens is 1. The van der Waals surface area contributed by atoms with Gasteiger partial charge >= 0.3 is 0 Å². The van der Waals surface area contributed by atoms with Crippen LogP contribution in [0.5, 0.6) is 0 Å². The number of alkyl halides is 1. The van der Waals surface area contributed by atoms with Crippen molar-refractivity contribution in [2.75, 3.05) is 5.88 Å². The Labute approximate surface area is 105 Å². The molecule has 2 rings (SSSR count). The van der Waals surface area contributed by atoms with E-state index in [2.05, 4.69) is 10.3 Å². The zero-order chi connectivity index (χ0) is 12.3. The first-order valence-corrected chi connectivity index (χ1v) is 5.97. The Balaban J connectivity index is 2.07. The number of hydrogen-bond donors (Lipinski definition) is 1. The van der Waals surface area contributed by atoms with Crippen LogP contribution in [0.4, 0.5) is 0 Å². The Hall–Kier alpha value is -1.60. The number of carbonyl (C=O) groups excluding carboxylic acids is 1. The van der Waals surface area contributed by atoms with Gasteiger partial charge in [-0.2, -0.15) is 5.26 Å². The summed E-state index contributed by atoms with van der Waals surface area (Å²) in [6.07, 6.45) is 4.31. The third kappa shape index (κ3) is 2.40. The van der Waals surface area contributed by atoms with Gasteiger partial charge in [-0.15, -0.1) is 11.6 Å². The molecule has 1 aliphatic carbocycles. The molecule has 0 radical (unpaired) electrons. The van der Waals surface area contributed by atoms with E-state index in [1.165, 1.54) is 6.20 Å². The molecule has 1 saturated carbocycles. The summed E-state index contributed by atoms with van der Waals surface area (Å²) in [6.45, 7) is 0. The summed E-state index contributed by atoms with van der Waals surface area (Å²) < 4.78 is 0. The van der Waals surface area contributed by atoms with Crippen LogP contribution >= 0.6 is 11.6 Å². The number of nitriles is 1. The fourth-order valence-corrected chi connectivity index (χ4v) is 2.13. The molecule has 0 aliphatic heterocycles. The molecule has 0 unspecified atom stereocenters. The number of nitrogens with one attached hydrogen (secondary N) is 1. The molecule has 17 heavy (non-hydrogen) atoms. The van der Waals surface area contributed by atoms with E-state index in [0.717, 1.165) is 19.3 Å². The smallest absolute Gasteiger partial charge is 0.270 e. The molecule has 5 heteroatoms. The Kier molecular flexibility index (Phi) is 3.30. The van der Waals surface area contributed by atoms with Crippen LogP contribution in [0, 0.1) is 11.3 Å². The van der Waals surface area contributed by atoms with Crippen LogP contribution in [0.1, 0.15) is 35.3 Å². The van der Waals surface area contributed by atoms with Gasteiger partial charge in [-0.05, 0) is 31.4 Å². The molecule has 0 aromatic carbocycles. The largest absolute Gasteiger partial charge is 0.344 e. The summed E-state index contributed by atoms with van der Waals surface area (Å²) in [5, 5.41) is 11.5. The van der Waals surface area contributed by atoms with E-state index in [-0.39, 0.29) is 11.4 Å². The van der Waals surface area contributed by atoms with Crippen molar-refractivity contribution in [3.05, 3.63) is 29.6 Å². The van der Waals surface area contributed by atoms with Crippen molar-refractivity contribution < 1.29 is 4.79 Å². The predicted molar refractivity (Wildman–Crippen MR) is 63.7 cm³/mol. The van der Waals surface area contributed by atoms with E-state index in [4.69, 9.17) is 16.9 Å². The Morgan fingerprint density at radius 1 is 1.59 bits per heavy atom. The third-order valence-corrected chi connectivity index (χ3v) is 3.58. The van der Waals surface area contributed by atoms with Crippen molar-refractivity contribution in [2.24, 2.45) is 0 Å². The third-order valence-electron chi connectivity index (χ3n) is 3.07. The molecule has 4 nitrogen and oxygen atoms in total. The maximum atomic E-state index is 11.9. The maximum absolute atomic E-state index is 11.9. The minimum Gasteiger partial charge on any atom is -0.344 e. The molecule has 88 valence electrons. The van der Waals surface area contributed by atoms with Gasteiger partial charge in [-0.1, -0.05) is 0 Å². The maximum Gasteiger partial charge on any atom is 0.270 e. The predicted octanol–water partition coefficient (Wildman–Crippen LogP) is 1.84. The lowest BCUT2D eigenvalue weighted by Gasteiger charge is -2.40. The fraction of sp³-hybridized carbons (Fsp3) is 0.417. The quantitative estimate of drug-likeness (QED) is 0.832.